The van der Waals surface area contributed by atoms with Crippen molar-refractivity contribution < 1.29 is 8.42 Å². The molecule has 0 aliphatic carbocycles. The second kappa shape index (κ2) is 11.3. The van der Waals surface area contributed by atoms with Crippen molar-refractivity contribution in [3.05, 3.63) is 35.4 Å². The first-order valence-electron chi connectivity index (χ1n) is 10.0. The molecule has 2 aliphatic heterocycles. The van der Waals surface area contributed by atoms with Crippen LogP contribution in [0.15, 0.2) is 29.3 Å². The highest BCUT2D eigenvalue weighted by molar-refractivity contribution is 14.0. The Morgan fingerprint density at radius 1 is 1.14 bits per heavy atom. The largest absolute Gasteiger partial charge is 0.353 e. The van der Waals surface area contributed by atoms with Crippen LogP contribution < -0.4 is 10.6 Å². The van der Waals surface area contributed by atoms with Crippen molar-refractivity contribution in [2.24, 2.45) is 4.99 Å². The van der Waals surface area contributed by atoms with Crippen LogP contribution in [0, 0.1) is 0 Å². The lowest BCUT2D eigenvalue weighted by molar-refractivity contribution is 0.276. The minimum Gasteiger partial charge on any atom is -0.353 e. The zero-order chi connectivity index (χ0) is 19.1. The summed E-state index contributed by atoms with van der Waals surface area (Å²) in [6.45, 7) is 4.04. The molecule has 2 heterocycles. The SMILES string of the molecule is CN=C(NCc1ccccc1CN1CCCCCC1)NC1CCS(=O)(=O)C1.I. The normalized spacial score (nSPS) is 22.9. The Balaban J connectivity index is 0.00000280. The summed E-state index contributed by atoms with van der Waals surface area (Å²) in [5.41, 5.74) is 2.62. The molecule has 3 rings (SSSR count). The van der Waals surface area contributed by atoms with Crippen LogP contribution in [0.5, 0.6) is 0 Å². The van der Waals surface area contributed by atoms with E-state index in [4.69, 9.17) is 0 Å². The number of halogens is 1. The Morgan fingerprint density at radius 2 is 1.82 bits per heavy atom. The second-order valence-corrected chi connectivity index (χ2v) is 9.86. The standard InChI is InChI=1S/C20H32N4O2S.HI/c1-21-20(23-19-10-13-27(25,26)16-19)22-14-17-8-4-5-9-18(17)15-24-11-6-2-3-7-12-24;/h4-5,8-9,19H,2-3,6-7,10-16H2,1H3,(H2,21,22,23);1H. The van der Waals surface area contributed by atoms with Gasteiger partial charge in [-0.15, -0.1) is 24.0 Å². The van der Waals surface area contributed by atoms with E-state index in [1.165, 1.54) is 49.9 Å². The molecule has 2 saturated heterocycles. The van der Waals surface area contributed by atoms with Crippen molar-refractivity contribution in [2.45, 2.75) is 51.2 Å². The molecule has 1 unspecified atom stereocenters. The van der Waals surface area contributed by atoms with Gasteiger partial charge in [0.05, 0.1) is 11.5 Å². The molecule has 0 saturated carbocycles. The van der Waals surface area contributed by atoms with Crippen molar-refractivity contribution in [1.29, 1.82) is 0 Å². The average molecular weight is 520 g/mol. The molecular weight excluding hydrogens is 487 g/mol. The van der Waals surface area contributed by atoms with Gasteiger partial charge in [-0.25, -0.2) is 8.42 Å². The van der Waals surface area contributed by atoms with E-state index in [-0.39, 0.29) is 41.5 Å². The van der Waals surface area contributed by atoms with Crippen LogP contribution in [0.25, 0.3) is 0 Å². The van der Waals surface area contributed by atoms with Crippen molar-refractivity contribution >= 4 is 39.8 Å². The lowest BCUT2D eigenvalue weighted by Gasteiger charge is -2.22. The first kappa shape index (κ1) is 23.4. The van der Waals surface area contributed by atoms with Gasteiger partial charge in [0, 0.05) is 26.2 Å². The molecular formula is C20H33IN4O2S. The Morgan fingerprint density at radius 3 is 2.43 bits per heavy atom. The van der Waals surface area contributed by atoms with Gasteiger partial charge < -0.3 is 10.6 Å². The summed E-state index contributed by atoms with van der Waals surface area (Å²) in [5, 5.41) is 6.61. The molecule has 1 atom stereocenters. The number of hydrogen-bond acceptors (Lipinski definition) is 4. The van der Waals surface area contributed by atoms with Gasteiger partial charge in [-0.05, 0) is 43.5 Å². The summed E-state index contributed by atoms with van der Waals surface area (Å²) >= 11 is 0. The third-order valence-electron chi connectivity index (χ3n) is 5.45. The van der Waals surface area contributed by atoms with E-state index in [1.54, 1.807) is 7.05 Å². The number of likely N-dealkylation sites (tertiary alicyclic amines) is 1. The number of guanidine groups is 1. The highest BCUT2D eigenvalue weighted by Gasteiger charge is 2.28. The smallest absolute Gasteiger partial charge is 0.191 e. The summed E-state index contributed by atoms with van der Waals surface area (Å²) in [7, 11) is -1.17. The van der Waals surface area contributed by atoms with Crippen LogP contribution in [0.3, 0.4) is 0 Å². The van der Waals surface area contributed by atoms with E-state index in [0.29, 0.717) is 18.9 Å². The van der Waals surface area contributed by atoms with Crippen LogP contribution in [0.1, 0.15) is 43.2 Å². The summed E-state index contributed by atoms with van der Waals surface area (Å²) < 4.78 is 23.3. The Labute approximate surface area is 186 Å². The second-order valence-electron chi connectivity index (χ2n) is 7.63. The molecule has 0 bridgehead atoms. The summed E-state index contributed by atoms with van der Waals surface area (Å²) in [6.07, 6.45) is 5.92. The zero-order valence-electron chi connectivity index (χ0n) is 16.7. The van der Waals surface area contributed by atoms with E-state index < -0.39 is 9.84 Å². The molecule has 1 aromatic carbocycles. The minimum atomic E-state index is -2.89. The fourth-order valence-corrected chi connectivity index (χ4v) is 5.57. The van der Waals surface area contributed by atoms with Gasteiger partial charge in [-0.1, -0.05) is 37.1 Å². The van der Waals surface area contributed by atoms with E-state index in [0.717, 1.165) is 6.54 Å². The van der Waals surface area contributed by atoms with Gasteiger partial charge in [0.25, 0.3) is 0 Å². The number of aliphatic imine (C=N–C) groups is 1. The van der Waals surface area contributed by atoms with Gasteiger partial charge in [0.2, 0.25) is 0 Å². The zero-order valence-corrected chi connectivity index (χ0v) is 19.8. The summed E-state index contributed by atoms with van der Waals surface area (Å²) in [5.74, 6) is 1.13. The first-order chi connectivity index (χ1) is 13.1. The number of nitrogens with zero attached hydrogens (tertiary/aromatic N) is 2. The monoisotopic (exact) mass is 520 g/mol. The van der Waals surface area contributed by atoms with Crippen molar-refractivity contribution in [3.63, 3.8) is 0 Å². The number of sulfone groups is 1. The van der Waals surface area contributed by atoms with E-state index in [9.17, 15) is 8.42 Å². The Hall–Kier alpha value is -0.870. The van der Waals surface area contributed by atoms with Gasteiger partial charge >= 0.3 is 0 Å². The molecule has 0 amide bonds. The molecule has 0 spiro atoms. The maximum absolute atomic E-state index is 11.6. The molecule has 1 aromatic rings. The van der Waals surface area contributed by atoms with Crippen molar-refractivity contribution in [3.8, 4) is 0 Å². The van der Waals surface area contributed by atoms with E-state index >= 15 is 0 Å². The van der Waals surface area contributed by atoms with Gasteiger partial charge in [-0.2, -0.15) is 0 Å². The third kappa shape index (κ3) is 7.18. The highest BCUT2D eigenvalue weighted by atomic mass is 127. The van der Waals surface area contributed by atoms with Gasteiger partial charge in [0.1, 0.15) is 0 Å². The molecule has 158 valence electrons. The number of rotatable bonds is 5. The molecule has 6 nitrogen and oxygen atoms in total. The van der Waals surface area contributed by atoms with Crippen LogP contribution in [0.4, 0.5) is 0 Å². The fraction of sp³-hybridized carbons (Fsp3) is 0.650. The number of benzene rings is 1. The molecule has 0 aromatic heterocycles. The molecule has 2 N–H and O–H groups in total. The van der Waals surface area contributed by atoms with Crippen LogP contribution in [0.2, 0.25) is 0 Å². The van der Waals surface area contributed by atoms with E-state index in [2.05, 4.69) is 44.8 Å². The lowest BCUT2D eigenvalue weighted by atomic mass is 10.1. The first-order valence-corrected chi connectivity index (χ1v) is 11.8. The fourth-order valence-electron chi connectivity index (χ4n) is 3.90. The topological polar surface area (TPSA) is 73.8 Å². The van der Waals surface area contributed by atoms with E-state index in [1.807, 2.05) is 0 Å². The van der Waals surface area contributed by atoms with Crippen molar-refractivity contribution in [1.82, 2.24) is 15.5 Å². The molecule has 2 fully saturated rings. The maximum atomic E-state index is 11.6. The molecule has 8 heteroatoms. The van der Waals surface area contributed by atoms with Gasteiger partial charge in [0.15, 0.2) is 15.8 Å². The number of nitrogens with one attached hydrogen (secondary N) is 2. The predicted molar refractivity (Wildman–Crippen MR) is 126 cm³/mol. The lowest BCUT2D eigenvalue weighted by Crippen LogP contribution is -2.43. The predicted octanol–water partition coefficient (Wildman–Crippen LogP) is 2.53. The Kier molecular flexibility index (Phi) is 9.49. The maximum Gasteiger partial charge on any atom is 0.191 e. The Bertz CT molecular complexity index is 746. The van der Waals surface area contributed by atoms with Crippen molar-refractivity contribution in [2.75, 3.05) is 31.6 Å². The average Bonchev–Trinajstić information content (AvgIpc) is 2.84. The number of hydrogen-bond donors (Lipinski definition) is 2. The molecule has 0 radical (unpaired) electrons. The molecule has 2 aliphatic rings. The van der Waals surface area contributed by atoms with Crippen LogP contribution >= 0.6 is 24.0 Å². The quantitative estimate of drug-likeness (QED) is 0.355. The highest BCUT2D eigenvalue weighted by Crippen LogP contribution is 2.16. The molecule has 28 heavy (non-hydrogen) atoms. The van der Waals surface area contributed by atoms with Gasteiger partial charge in [-0.3, -0.25) is 9.89 Å². The van der Waals surface area contributed by atoms with Crippen LogP contribution in [-0.2, 0) is 22.9 Å². The minimum absolute atomic E-state index is 0. The summed E-state index contributed by atoms with van der Waals surface area (Å²) in [4.78, 5) is 6.82. The van der Waals surface area contributed by atoms with Crippen LogP contribution in [-0.4, -0.2) is 57.0 Å². The summed E-state index contributed by atoms with van der Waals surface area (Å²) in [6, 6.07) is 8.50. The third-order valence-corrected chi connectivity index (χ3v) is 7.22.